The quantitative estimate of drug-likeness (QED) is 0.764. The largest absolute Gasteiger partial charge is 0.344 e. The molecule has 1 amide bonds. The van der Waals surface area contributed by atoms with Gasteiger partial charge >= 0.3 is 0 Å². The molecule has 1 aliphatic carbocycles. The van der Waals surface area contributed by atoms with Crippen LogP contribution in [0.25, 0.3) is 10.9 Å². The van der Waals surface area contributed by atoms with E-state index in [0.717, 1.165) is 34.3 Å². The van der Waals surface area contributed by atoms with Gasteiger partial charge in [-0.3, -0.25) is 4.79 Å². The molecule has 0 bridgehead atoms. The molecule has 1 unspecified atom stereocenters. The molecule has 3 aromatic rings. The van der Waals surface area contributed by atoms with Crippen molar-refractivity contribution in [2.24, 2.45) is 0 Å². The monoisotopic (exact) mass is 322 g/mol. The van der Waals surface area contributed by atoms with Gasteiger partial charge in [0.25, 0.3) is 5.91 Å². The molecule has 1 N–H and O–H groups in total. The van der Waals surface area contributed by atoms with Crippen molar-refractivity contribution >= 4 is 28.4 Å². The second-order valence-electron chi connectivity index (χ2n) is 5.80. The molecule has 0 spiro atoms. The number of para-hydroxylation sites is 1. The second kappa shape index (κ2) is 5.67. The summed E-state index contributed by atoms with van der Waals surface area (Å²) < 4.78 is 0. The Kier molecular flexibility index (Phi) is 3.50. The summed E-state index contributed by atoms with van der Waals surface area (Å²) in [5, 5.41) is 4.87. The molecule has 2 aromatic carbocycles. The third-order valence-corrected chi connectivity index (χ3v) is 4.55. The lowest BCUT2D eigenvalue weighted by Crippen LogP contribution is -2.27. The summed E-state index contributed by atoms with van der Waals surface area (Å²) >= 11 is 6.03. The van der Waals surface area contributed by atoms with Crippen LogP contribution >= 0.6 is 11.6 Å². The highest BCUT2D eigenvalue weighted by molar-refractivity contribution is 6.30. The molecule has 1 aliphatic rings. The molecule has 0 saturated carbocycles. The van der Waals surface area contributed by atoms with E-state index in [2.05, 4.69) is 10.3 Å². The van der Waals surface area contributed by atoms with Gasteiger partial charge in [-0.1, -0.05) is 41.9 Å². The predicted molar refractivity (Wildman–Crippen MR) is 91.7 cm³/mol. The van der Waals surface area contributed by atoms with E-state index in [-0.39, 0.29) is 11.9 Å². The van der Waals surface area contributed by atoms with E-state index in [1.54, 1.807) is 6.07 Å². The van der Waals surface area contributed by atoms with Crippen LogP contribution in [0.15, 0.2) is 54.6 Å². The third kappa shape index (κ3) is 2.68. The first-order valence-corrected chi connectivity index (χ1v) is 8.03. The van der Waals surface area contributed by atoms with E-state index in [0.29, 0.717) is 5.69 Å². The summed E-state index contributed by atoms with van der Waals surface area (Å²) in [4.78, 5) is 17.0. The minimum atomic E-state index is -0.136. The van der Waals surface area contributed by atoms with Gasteiger partial charge < -0.3 is 5.32 Å². The fraction of sp³-hybridized carbons (Fsp3) is 0.158. The Balaban J connectivity index is 1.58. The van der Waals surface area contributed by atoms with Crippen LogP contribution < -0.4 is 5.32 Å². The van der Waals surface area contributed by atoms with Crippen molar-refractivity contribution in [1.82, 2.24) is 10.3 Å². The van der Waals surface area contributed by atoms with Gasteiger partial charge in [0.15, 0.2) is 0 Å². The van der Waals surface area contributed by atoms with Gasteiger partial charge in [0.2, 0.25) is 0 Å². The number of amides is 1. The van der Waals surface area contributed by atoms with Gasteiger partial charge in [-0.2, -0.15) is 0 Å². The standard InChI is InChI=1S/C19H15ClN2O/c20-14-7-8-15-13(11-14)6-9-17(15)22-19(23)18-10-5-12-3-1-2-4-16(12)21-18/h1-5,7-8,10-11,17H,6,9H2,(H,22,23). The number of aryl methyl sites for hydroxylation is 1. The highest BCUT2D eigenvalue weighted by atomic mass is 35.5. The van der Waals surface area contributed by atoms with Crippen molar-refractivity contribution in [3.05, 3.63) is 76.4 Å². The maximum absolute atomic E-state index is 12.5. The number of carbonyl (C=O) groups excluding carboxylic acids is 1. The minimum Gasteiger partial charge on any atom is -0.344 e. The first kappa shape index (κ1) is 14.2. The van der Waals surface area contributed by atoms with Crippen molar-refractivity contribution < 1.29 is 4.79 Å². The minimum absolute atomic E-state index is 0.0306. The Hall–Kier alpha value is -2.39. The van der Waals surface area contributed by atoms with Crippen molar-refractivity contribution in [3.8, 4) is 0 Å². The molecule has 0 aliphatic heterocycles. The Labute approximate surface area is 139 Å². The summed E-state index contributed by atoms with van der Waals surface area (Å²) in [6, 6.07) is 17.4. The second-order valence-corrected chi connectivity index (χ2v) is 6.23. The highest BCUT2D eigenvalue weighted by Gasteiger charge is 2.24. The molecule has 1 atom stereocenters. The van der Waals surface area contributed by atoms with Crippen molar-refractivity contribution in [3.63, 3.8) is 0 Å². The lowest BCUT2D eigenvalue weighted by atomic mass is 10.1. The fourth-order valence-electron chi connectivity index (χ4n) is 3.16. The molecule has 4 heteroatoms. The Morgan fingerprint density at radius 3 is 2.91 bits per heavy atom. The molecule has 0 radical (unpaired) electrons. The Bertz CT molecular complexity index is 907. The van der Waals surface area contributed by atoms with Gasteiger partial charge in [0.1, 0.15) is 5.69 Å². The molecule has 0 fully saturated rings. The van der Waals surface area contributed by atoms with Gasteiger partial charge in [-0.25, -0.2) is 4.98 Å². The van der Waals surface area contributed by atoms with Gasteiger partial charge in [0.05, 0.1) is 11.6 Å². The van der Waals surface area contributed by atoms with Gasteiger partial charge in [-0.05, 0) is 48.2 Å². The number of rotatable bonds is 2. The molecule has 0 saturated heterocycles. The Morgan fingerprint density at radius 1 is 1.13 bits per heavy atom. The number of pyridine rings is 1. The van der Waals surface area contributed by atoms with Gasteiger partial charge in [-0.15, -0.1) is 0 Å². The van der Waals surface area contributed by atoms with Crippen LogP contribution in [0.5, 0.6) is 0 Å². The number of carbonyl (C=O) groups is 1. The number of benzene rings is 2. The number of fused-ring (bicyclic) bond motifs is 2. The molecule has 1 heterocycles. The number of nitrogens with one attached hydrogen (secondary N) is 1. The van der Waals surface area contributed by atoms with Crippen LogP contribution in [-0.4, -0.2) is 10.9 Å². The zero-order valence-corrected chi connectivity index (χ0v) is 13.2. The van der Waals surface area contributed by atoms with Crippen LogP contribution in [-0.2, 0) is 6.42 Å². The van der Waals surface area contributed by atoms with Gasteiger partial charge in [0, 0.05) is 10.4 Å². The van der Waals surface area contributed by atoms with Crippen molar-refractivity contribution in [2.75, 3.05) is 0 Å². The normalized spacial score (nSPS) is 16.3. The molecular weight excluding hydrogens is 308 g/mol. The lowest BCUT2D eigenvalue weighted by Gasteiger charge is -2.14. The molecule has 3 nitrogen and oxygen atoms in total. The molecular formula is C19H15ClN2O. The SMILES string of the molecule is O=C(NC1CCc2cc(Cl)ccc21)c1ccc2ccccc2n1. The zero-order chi connectivity index (χ0) is 15.8. The number of nitrogens with zero attached hydrogens (tertiary/aromatic N) is 1. The summed E-state index contributed by atoms with van der Waals surface area (Å²) in [6.07, 6.45) is 1.83. The van der Waals surface area contributed by atoms with Crippen LogP contribution in [0.3, 0.4) is 0 Å². The number of halogens is 1. The summed E-state index contributed by atoms with van der Waals surface area (Å²) in [5.74, 6) is -0.136. The van der Waals surface area contributed by atoms with E-state index in [9.17, 15) is 4.79 Å². The van der Waals surface area contributed by atoms with E-state index in [4.69, 9.17) is 11.6 Å². The van der Waals surface area contributed by atoms with E-state index < -0.39 is 0 Å². The first-order chi connectivity index (χ1) is 11.2. The predicted octanol–water partition coefficient (Wildman–Crippen LogP) is 4.31. The number of hydrogen-bond acceptors (Lipinski definition) is 2. The third-order valence-electron chi connectivity index (χ3n) is 4.32. The average Bonchev–Trinajstić information content (AvgIpc) is 2.96. The Morgan fingerprint density at radius 2 is 2.00 bits per heavy atom. The summed E-state index contributed by atoms with van der Waals surface area (Å²) in [6.45, 7) is 0. The van der Waals surface area contributed by atoms with Crippen molar-refractivity contribution in [1.29, 1.82) is 0 Å². The van der Waals surface area contributed by atoms with E-state index >= 15 is 0 Å². The summed E-state index contributed by atoms with van der Waals surface area (Å²) in [7, 11) is 0. The van der Waals surface area contributed by atoms with Crippen LogP contribution in [0, 0.1) is 0 Å². The molecule has 1 aromatic heterocycles. The molecule has 4 rings (SSSR count). The van der Waals surface area contributed by atoms with Crippen molar-refractivity contribution in [2.45, 2.75) is 18.9 Å². The smallest absolute Gasteiger partial charge is 0.270 e. The number of aromatic nitrogens is 1. The fourth-order valence-corrected chi connectivity index (χ4v) is 3.36. The van der Waals surface area contributed by atoms with E-state index in [1.165, 1.54) is 5.56 Å². The zero-order valence-electron chi connectivity index (χ0n) is 12.4. The average molecular weight is 323 g/mol. The summed E-state index contributed by atoms with van der Waals surface area (Å²) in [5.41, 5.74) is 3.66. The number of hydrogen-bond donors (Lipinski definition) is 1. The van der Waals surface area contributed by atoms with Crippen LogP contribution in [0.2, 0.25) is 5.02 Å². The maximum Gasteiger partial charge on any atom is 0.270 e. The van der Waals surface area contributed by atoms with E-state index in [1.807, 2.05) is 48.5 Å². The first-order valence-electron chi connectivity index (χ1n) is 7.66. The topological polar surface area (TPSA) is 42.0 Å². The van der Waals surface area contributed by atoms with Crippen LogP contribution in [0.1, 0.15) is 34.1 Å². The molecule has 114 valence electrons. The lowest BCUT2D eigenvalue weighted by molar-refractivity contribution is 0.0932. The maximum atomic E-state index is 12.5. The molecule has 23 heavy (non-hydrogen) atoms. The highest BCUT2D eigenvalue weighted by Crippen LogP contribution is 2.33. The van der Waals surface area contributed by atoms with Crippen LogP contribution in [0.4, 0.5) is 0 Å².